The van der Waals surface area contributed by atoms with Crippen LogP contribution in [0.15, 0.2) is 76.6 Å². The van der Waals surface area contributed by atoms with Crippen molar-refractivity contribution in [3.05, 3.63) is 71.6 Å². The van der Waals surface area contributed by atoms with Crippen LogP contribution in [0.1, 0.15) is 20.8 Å². The van der Waals surface area contributed by atoms with Crippen molar-refractivity contribution in [1.82, 2.24) is 14.5 Å². The van der Waals surface area contributed by atoms with Crippen molar-refractivity contribution in [1.29, 1.82) is 0 Å². The van der Waals surface area contributed by atoms with Gasteiger partial charge in [0.25, 0.3) is 0 Å². The maximum absolute atomic E-state index is 12.5. The highest BCUT2D eigenvalue weighted by Crippen LogP contribution is 2.41. The van der Waals surface area contributed by atoms with Crippen molar-refractivity contribution in [2.75, 3.05) is 6.61 Å². The van der Waals surface area contributed by atoms with Crippen LogP contribution in [0.3, 0.4) is 0 Å². The van der Waals surface area contributed by atoms with E-state index in [9.17, 15) is 4.79 Å². The summed E-state index contributed by atoms with van der Waals surface area (Å²) in [6.07, 6.45) is 3.63. The zero-order chi connectivity index (χ0) is 22.0. The van der Waals surface area contributed by atoms with Gasteiger partial charge < -0.3 is 9.30 Å². The van der Waals surface area contributed by atoms with Gasteiger partial charge in [0.1, 0.15) is 21.7 Å². The van der Waals surface area contributed by atoms with Gasteiger partial charge in [-0.1, -0.05) is 58.0 Å². The molecule has 0 aliphatic heterocycles. The third kappa shape index (κ3) is 4.38. The first-order chi connectivity index (χ1) is 14.9. The fourth-order valence-electron chi connectivity index (χ4n) is 3.33. The summed E-state index contributed by atoms with van der Waals surface area (Å²) >= 11 is 4.90. The second kappa shape index (κ2) is 8.85. The molecule has 2 aromatic heterocycles. The molecule has 0 saturated heterocycles. The summed E-state index contributed by atoms with van der Waals surface area (Å²) in [5.74, 6) is -0.264. The van der Waals surface area contributed by atoms with Crippen molar-refractivity contribution >= 4 is 44.7 Å². The molecular weight excluding hydrogens is 474 g/mol. The first kappa shape index (κ1) is 21.6. The van der Waals surface area contributed by atoms with E-state index in [0.717, 1.165) is 37.3 Å². The number of hydrogen-bond acceptors (Lipinski definition) is 5. The predicted molar refractivity (Wildman–Crippen MR) is 129 cm³/mol. The number of benzene rings is 2. The van der Waals surface area contributed by atoms with E-state index < -0.39 is 4.75 Å². The number of nitrogens with zero attached hydrogens (tertiary/aromatic N) is 3. The molecule has 2 aromatic carbocycles. The average molecular weight is 496 g/mol. The summed E-state index contributed by atoms with van der Waals surface area (Å²) in [7, 11) is 0. The molecule has 31 heavy (non-hydrogen) atoms. The van der Waals surface area contributed by atoms with Gasteiger partial charge in [-0.3, -0.25) is 4.79 Å². The topological polar surface area (TPSA) is 57.0 Å². The number of hydrogen-bond donors (Lipinski definition) is 0. The molecule has 0 unspecified atom stereocenters. The minimum absolute atomic E-state index is 0.264. The highest BCUT2D eigenvalue weighted by molar-refractivity contribution is 9.10. The van der Waals surface area contributed by atoms with Gasteiger partial charge >= 0.3 is 5.97 Å². The summed E-state index contributed by atoms with van der Waals surface area (Å²) in [5, 5.41) is 1.66. The van der Waals surface area contributed by atoms with E-state index in [1.807, 2.05) is 63.2 Å². The minimum Gasteiger partial charge on any atom is -0.465 e. The Kier molecular flexibility index (Phi) is 6.16. The molecule has 5 nitrogen and oxygen atoms in total. The molecule has 0 aliphatic carbocycles. The van der Waals surface area contributed by atoms with Crippen LogP contribution >= 0.6 is 27.7 Å². The van der Waals surface area contributed by atoms with E-state index in [1.54, 1.807) is 6.33 Å². The molecule has 158 valence electrons. The lowest BCUT2D eigenvalue weighted by Crippen LogP contribution is -2.30. The molecule has 0 amide bonds. The number of thioether (sulfide) groups is 1. The summed E-state index contributed by atoms with van der Waals surface area (Å²) in [5.41, 5.74) is 3.86. The average Bonchev–Trinajstić information content (AvgIpc) is 3.16. The zero-order valence-electron chi connectivity index (χ0n) is 17.5. The van der Waals surface area contributed by atoms with Crippen LogP contribution in [0.5, 0.6) is 0 Å². The van der Waals surface area contributed by atoms with Crippen LogP contribution in [-0.2, 0) is 9.53 Å². The van der Waals surface area contributed by atoms with Crippen molar-refractivity contribution in [3.8, 4) is 16.8 Å². The van der Waals surface area contributed by atoms with Crippen LogP contribution in [0, 0.1) is 0 Å². The summed E-state index contributed by atoms with van der Waals surface area (Å²) in [6, 6.07) is 18.2. The lowest BCUT2D eigenvalue weighted by atomic mass is 10.1. The molecule has 0 N–H and O–H groups in total. The van der Waals surface area contributed by atoms with Crippen molar-refractivity contribution < 1.29 is 9.53 Å². The van der Waals surface area contributed by atoms with Gasteiger partial charge in [0.05, 0.1) is 12.0 Å². The molecule has 2 heterocycles. The SMILES string of the molecule is CCOC(=O)C(C)(C)Sc1ncnc2c1c(-c1ccccc1)cn2-c1ccc(Br)cc1. The number of halogens is 1. The van der Waals surface area contributed by atoms with Crippen molar-refractivity contribution in [2.24, 2.45) is 0 Å². The van der Waals surface area contributed by atoms with E-state index >= 15 is 0 Å². The molecule has 4 rings (SSSR count). The van der Waals surface area contributed by atoms with Crippen LogP contribution < -0.4 is 0 Å². The molecule has 0 bridgehead atoms. The first-order valence-corrected chi connectivity index (χ1v) is 11.6. The Morgan fingerprint density at radius 3 is 2.48 bits per heavy atom. The fourth-order valence-corrected chi connectivity index (χ4v) is 4.63. The second-order valence-corrected chi connectivity index (χ2v) is 9.99. The molecule has 0 radical (unpaired) electrons. The van der Waals surface area contributed by atoms with Crippen LogP contribution in [0.4, 0.5) is 0 Å². The molecule has 0 saturated carbocycles. The highest BCUT2D eigenvalue weighted by Gasteiger charge is 2.33. The second-order valence-electron chi connectivity index (χ2n) is 7.47. The predicted octanol–water partition coefficient (Wildman–Crippen LogP) is 6.28. The number of ether oxygens (including phenoxy) is 1. The largest absolute Gasteiger partial charge is 0.465 e. The number of fused-ring (bicyclic) bond motifs is 1. The lowest BCUT2D eigenvalue weighted by molar-refractivity contribution is -0.145. The van der Waals surface area contributed by atoms with Gasteiger partial charge in [-0.15, -0.1) is 0 Å². The molecular formula is C24H22BrN3O2S. The van der Waals surface area contributed by atoms with Crippen molar-refractivity contribution in [2.45, 2.75) is 30.5 Å². The van der Waals surface area contributed by atoms with Gasteiger partial charge in [0, 0.05) is 21.9 Å². The summed E-state index contributed by atoms with van der Waals surface area (Å²) < 4.78 is 7.57. The Balaban J connectivity index is 1.92. The highest BCUT2D eigenvalue weighted by atomic mass is 79.9. The maximum Gasteiger partial charge on any atom is 0.322 e. The number of esters is 1. The molecule has 4 aromatic rings. The van der Waals surface area contributed by atoms with Gasteiger partial charge in [-0.25, -0.2) is 9.97 Å². The zero-order valence-corrected chi connectivity index (χ0v) is 19.9. The van der Waals surface area contributed by atoms with Gasteiger partial charge in [-0.2, -0.15) is 0 Å². The van der Waals surface area contributed by atoms with Gasteiger partial charge in [0.15, 0.2) is 0 Å². The minimum atomic E-state index is -0.787. The Bertz CT molecular complexity index is 1220. The van der Waals surface area contributed by atoms with E-state index in [2.05, 4.69) is 48.8 Å². The number of carbonyl (C=O) groups is 1. The van der Waals surface area contributed by atoms with Crippen LogP contribution in [-0.4, -0.2) is 31.9 Å². The molecule has 0 spiro atoms. The van der Waals surface area contributed by atoms with Crippen LogP contribution in [0.2, 0.25) is 0 Å². The summed E-state index contributed by atoms with van der Waals surface area (Å²) in [4.78, 5) is 21.7. The third-order valence-corrected chi connectivity index (χ3v) is 6.57. The number of rotatable bonds is 6. The number of aromatic nitrogens is 3. The molecule has 0 fully saturated rings. The van der Waals surface area contributed by atoms with Gasteiger partial charge in [-0.05, 0) is 50.6 Å². The number of carbonyl (C=O) groups excluding carboxylic acids is 1. The van der Waals surface area contributed by atoms with E-state index in [0.29, 0.717) is 6.61 Å². The van der Waals surface area contributed by atoms with Crippen LogP contribution in [0.25, 0.3) is 27.8 Å². The third-order valence-electron chi connectivity index (χ3n) is 4.86. The van der Waals surface area contributed by atoms with E-state index in [1.165, 1.54) is 11.8 Å². The van der Waals surface area contributed by atoms with Gasteiger partial charge in [0.2, 0.25) is 0 Å². The van der Waals surface area contributed by atoms with Crippen molar-refractivity contribution in [3.63, 3.8) is 0 Å². The maximum atomic E-state index is 12.5. The Morgan fingerprint density at radius 2 is 1.81 bits per heavy atom. The Morgan fingerprint density at radius 1 is 1.10 bits per heavy atom. The first-order valence-electron chi connectivity index (χ1n) is 9.94. The van der Waals surface area contributed by atoms with E-state index in [4.69, 9.17) is 4.74 Å². The smallest absolute Gasteiger partial charge is 0.322 e. The lowest BCUT2D eigenvalue weighted by Gasteiger charge is -2.21. The monoisotopic (exact) mass is 495 g/mol. The van der Waals surface area contributed by atoms with E-state index in [-0.39, 0.29) is 5.97 Å². The Labute approximate surface area is 194 Å². The molecule has 0 atom stereocenters. The summed E-state index contributed by atoms with van der Waals surface area (Å²) in [6.45, 7) is 5.87. The Hall–Kier alpha value is -2.64. The quantitative estimate of drug-likeness (QED) is 0.179. The fraction of sp³-hybridized carbons (Fsp3) is 0.208. The molecule has 0 aliphatic rings. The molecule has 7 heteroatoms. The standard InChI is InChI=1S/C24H22BrN3O2S/c1-4-30-23(29)24(2,3)31-22-20-19(16-8-6-5-7-9-16)14-28(21(20)26-15-27-22)18-12-10-17(25)11-13-18/h5-15H,4H2,1-3H3. The normalized spacial score (nSPS) is 11.6.